The van der Waals surface area contributed by atoms with Gasteiger partial charge < -0.3 is 14.2 Å². The molecular formula is C18H24N2O4. The Bertz CT molecular complexity index is 650. The number of carbonyl (C=O) groups excluding carboxylic acids is 2. The van der Waals surface area contributed by atoms with Gasteiger partial charge in [0.2, 0.25) is 11.5 Å². The van der Waals surface area contributed by atoms with Crippen molar-refractivity contribution in [3.63, 3.8) is 0 Å². The van der Waals surface area contributed by atoms with Crippen molar-refractivity contribution < 1.29 is 14.3 Å². The molecule has 6 heteroatoms. The quantitative estimate of drug-likeness (QED) is 0.584. The molecule has 1 amide bonds. The molecule has 1 aliphatic carbocycles. The SMILES string of the molecule is O=C(OCCCn1ccccc1=O)[C@@H]1CCCN(C(=O)C2CC2)C1. The van der Waals surface area contributed by atoms with Crippen molar-refractivity contribution in [2.75, 3.05) is 19.7 Å². The number of aryl methyl sites for hydroxylation is 1. The topological polar surface area (TPSA) is 68.6 Å². The molecule has 0 N–H and O–H groups in total. The summed E-state index contributed by atoms with van der Waals surface area (Å²) < 4.78 is 6.96. The number of hydrogen-bond donors (Lipinski definition) is 0. The molecule has 1 saturated heterocycles. The first-order valence-electron chi connectivity index (χ1n) is 8.76. The Morgan fingerprint density at radius 1 is 1.17 bits per heavy atom. The van der Waals surface area contributed by atoms with Gasteiger partial charge in [0.1, 0.15) is 0 Å². The fourth-order valence-electron chi connectivity index (χ4n) is 3.13. The monoisotopic (exact) mass is 332 g/mol. The van der Waals surface area contributed by atoms with Gasteiger partial charge in [0.05, 0.1) is 12.5 Å². The maximum atomic E-state index is 12.2. The number of carbonyl (C=O) groups is 2. The zero-order valence-corrected chi connectivity index (χ0v) is 13.9. The van der Waals surface area contributed by atoms with E-state index in [0.717, 1.165) is 32.2 Å². The van der Waals surface area contributed by atoms with E-state index >= 15 is 0 Å². The molecule has 0 aromatic carbocycles. The van der Waals surface area contributed by atoms with Gasteiger partial charge in [0.25, 0.3) is 0 Å². The largest absolute Gasteiger partial charge is 0.465 e. The Labute approximate surface area is 141 Å². The van der Waals surface area contributed by atoms with Gasteiger partial charge >= 0.3 is 5.97 Å². The molecule has 0 spiro atoms. The second-order valence-corrected chi connectivity index (χ2v) is 6.65. The van der Waals surface area contributed by atoms with Crippen LogP contribution in [0.5, 0.6) is 0 Å². The summed E-state index contributed by atoms with van der Waals surface area (Å²) in [6.07, 6.45) is 5.95. The summed E-state index contributed by atoms with van der Waals surface area (Å²) in [5.41, 5.74) is -0.0506. The molecule has 2 aliphatic rings. The number of esters is 1. The van der Waals surface area contributed by atoms with E-state index in [1.807, 2.05) is 4.90 Å². The number of aromatic nitrogens is 1. The third-order valence-corrected chi connectivity index (χ3v) is 4.68. The summed E-state index contributed by atoms with van der Waals surface area (Å²) in [6, 6.07) is 5.02. The Kier molecular flexibility index (Phi) is 5.33. The molecule has 24 heavy (non-hydrogen) atoms. The van der Waals surface area contributed by atoms with Crippen LogP contribution in [-0.2, 0) is 20.9 Å². The van der Waals surface area contributed by atoms with Crippen LogP contribution in [0.25, 0.3) is 0 Å². The minimum Gasteiger partial charge on any atom is -0.465 e. The molecule has 3 rings (SSSR count). The molecule has 1 aromatic heterocycles. The van der Waals surface area contributed by atoms with Gasteiger partial charge in [-0.05, 0) is 38.2 Å². The number of nitrogens with zero attached hydrogens (tertiary/aromatic N) is 2. The first kappa shape index (κ1) is 16.7. The number of hydrogen-bond acceptors (Lipinski definition) is 4. The first-order chi connectivity index (χ1) is 11.6. The molecule has 1 aromatic rings. The Morgan fingerprint density at radius 2 is 2.00 bits per heavy atom. The van der Waals surface area contributed by atoms with Gasteiger partial charge in [-0.3, -0.25) is 14.4 Å². The molecule has 6 nitrogen and oxygen atoms in total. The van der Waals surface area contributed by atoms with Crippen LogP contribution in [-0.4, -0.2) is 41.0 Å². The third kappa shape index (κ3) is 4.24. The van der Waals surface area contributed by atoms with E-state index < -0.39 is 0 Å². The highest BCUT2D eigenvalue weighted by Gasteiger charge is 2.37. The van der Waals surface area contributed by atoms with Gasteiger partial charge in [-0.1, -0.05) is 6.07 Å². The second-order valence-electron chi connectivity index (χ2n) is 6.65. The Hall–Kier alpha value is -2.11. The van der Waals surface area contributed by atoms with Gasteiger partial charge in [0, 0.05) is 37.8 Å². The lowest BCUT2D eigenvalue weighted by molar-refractivity contribution is -0.152. The van der Waals surface area contributed by atoms with Crippen LogP contribution in [0.15, 0.2) is 29.2 Å². The summed E-state index contributed by atoms with van der Waals surface area (Å²) in [7, 11) is 0. The summed E-state index contributed by atoms with van der Waals surface area (Å²) in [6.45, 7) is 2.08. The lowest BCUT2D eigenvalue weighted by Crippen LogP contribution is -2.43. The van der Waals surface area contributed by atoms with E-state index in [1.165, 1.54) is 6.07 Å². The third-order valence-electron chi connectivity index (χ3n) is 4.68. The van der Waals surface area contributed by atoms with Crippen molar-refractivity contribution >= 4 is 11.9 Å². The van der Waals surface area contributed by atoms with E-state index in [0.29, 0.717) is 26.1 Å². The number of ether oxygens (including phenoxy) is 1. The predicted octanol–water partition coefficient (Wildman–Crippen LogP) is 1.43. The van der Waals surface area contributed by atoms with Gasteiger partial charge in [0.15, 0.2) is 0 Å². The van der Waals surface area contributed by atoms with Crippen molar-refractivity contribution in [2.45, 2.75) is 38.6 Å². The van der Waals surface area contributed by atoms with Crippen molar-refractivity contribution in [2.24, 2.45) is 11.8 Å². The van der Waals surface area contributed by atoms with Crippen LogP contribution in [0.2, 0.25) is 0 Å². The van der Waals surface area contributed by atoms with Crippen LogP contribution in [0.3, 0.4) is 0 Å². The standard InChI is InChI=1S/C18H24N2O4/c21-16-6-1-2-9-19(16)11-4-12-24-18(23)15-5-3-10-20(13-15)17(22)14-7-8-14/h1-2,6,9,14-15H,3-5,7-8,10-13H2/t15-/m1/s1. The molecule has 0 bridgehead atoms. The number of likely N-dealkylation sites (tertiary alicyclic amines) is 1. The summed E-state index contributed by atoms with van der Waals surface area (Å²) in [5.74, 6) is -0.0236. The van der Waals surface area contributed by atoms with E-state index in [9.17, 15) is 14.4 Å². The Morgan fingerprint density at radius 3 is 2.75 bits per heavy atom. The summed E-state index contributed by atoms with van der Waals surface area (Å²) in [4.78, 5) is 37.7. The lowest BCUT2D eigenvalue weighted by Gasteiger charge is -2.31. The van der Waals surface area contributed by atoms with Crippen molar-refractivity contribution in [3.8, 4) is 0 Å². The highest BCUT2D eigenvalue weighted by molar-refractivity contribution is 5.82. The molecule has 2 heterocycles. The highest BCUT2D eigenvalue weighted by atomic mass is 16.5. The van der Waals surface area contributed by atoms with Crippen LogP contribution in [0.1, 0.15) is 32.1 Å². The van der Waals surface area contributed by atoms with Gasteiger partial charge in [-0.15, -0.1) is 0 Å². The number of pyridine rings is 1. The van der Waals surface area contributed by atoms with E-state index in [-0.39, 0.29) is 29.3 Å². The molecule has 0 radical (unpaired) electrons. The first-order valence-corrected chi connectivity index (χ1v) is 8.76. The number of piperidine rings is 1. The number of rotatable bonds is 6. The molecule has 2 fully saturated rings. The van der Waals surface area contributed by atoms with Crippen LogP contribution in [0, 0.1) is 11.8 Å². The molecule has 0 unspecified atom stereocenters. The van der Waals surface area contributed by atoms with Gasteiger partial charge in [-0.2, -0.15) is 0 Å². The van der Waals surface area contributed by atoms with Crippen LogP contribution in [0.4, 0.5) is 0 Å². The van der Waals surface area contributed by atoms with E-state index in [4.69, 9.17) is 4.74 Å². The zero-order valence-electron chi connectivity index (χ0n) is 13.9. The van der Waals surface area contributed by atoms with Crippen molar-refractivity contribution in [1.29, 1.82) is 0 Å². The summed E-state index contributed by atoms with van der Waals surface area (Å²) >= 11 is 0. The average molecular weight is 332 g/mol. The highest BCUT2D eigenvalue weighted by Crippen LogP contribution is 2.32. The fraction of sp³-hybridized carbons (Fsp3) is 0.611. The average Bonchev–Trinajstić information content (AvgIpc) is 3.44. The van der Waals surface area contributed by atoms with Crippen LogP contribution < -0.4 is 5.56 Å². The normalized spacial score (nSPS) is 20.7. The van der Waals surface area contributed by atoms with Crippen molar-refractivity contribution in [1.82, 2.24) is 9.47 Å². The second kappa shape index (κ2) is 7.64. The summed E-state index contributed by atoms with van der Waals surface area (Å²) in [5, 5.41) is 0. The molecular weight excluding hydrogens is 308 g/mol. The lowest BCUT2D eigenvalue weighted by atomic mass is 9.98. The van der Waals surface area contributed by atoms with Crippen LogP contribution >= 0.6 is 0 Å². The zero-order chi connectivity index (χ0) is 16.9. The minimum atomic E-state index is -0.219. The molecule has 130 valence electrons. The maximum absolute atomic E-state index is 12.2. The Balaban J connectivity index is 1.40. The van der Waals surface area contributed by atoms with E-state index in [1.54, 1.807) is 22.9 Å². The van der Waals surface area contributed by atoms with Crippen molar-refractivity contribution in [3.05, 3.63) is 34.7 Å². The molecule has 1 saturated carbocycles. The molecule has 1 atom stereocenters. The molecule has 1 aliphatic heterocycles. The fourth-order valence-corrected chi connectivity index (χ4v) is 3.13. The predicted molar refractivity (Wildman–Crippen MR) is 88.3 cm³/mol. The minimum absolute atomic E-state index is 0.0506. The van der Waals surface area contributed by atoms with Gasteiger partial charge in [-0.25, -0.2) is 0 Å². The van der Waals surface area contributed by atoms with E-state index in [2.05, 4.69) is 0 Å². The number of amides is 1. The maximum Gasteiger partial charge on any atom is 0.310 e. The smallest absolute Gasteiger partial charge is 0.310 e.